The van der Waals surface area contributed by atoms with Crippen LogP contribution in [0.2, 0.25) is 0 Å². The third kappa shape index (κ3) is 3.18. The highest BCUT2D eigenvalue weighted by Gasteiger charge is 2.30. The zero-order chi connectivity index (χ0) is 11.3. The van der Waals surface area contributed by atoms with Crippen molar-refractivity contribution in [3.63, 3.8) is 0 Å². The lowest BCUT2D eigenvalue weighted by Crippen LogP contribution is -2.45. The Labute approximate surface area is 91.5 Å². The van der Waals surface area contributed by atoms with E-state index in [1.54, 1.807) is 0 Å². The van der Waals surface area contributed by atoms with E-state index in [1.165, 1.54) is 0 Å². The van der Waals surface area contributed by atoms with E-state index in [0.717, 1.165) is 25.9 Å². The lowest BCUT2D eigenvalue weighted by Gasteiger charge is -2.25. The molecule has 2 atom stereocenters. The molecule has 1 fully saturated rings. The molecule has 15 heavy (non-hydrogen) atoms. The largest absolute Gasteiger partial charge is 0.376 e. The average molecular weight is 214 g/mol. The summed E-state index contributed by atoms with van der Waals surface area (Å²) in [4.78, 5) is 11.8. The molecule has 1 amide bonds. The van der Waals surface area contributed by atoms with Gasteiger partial charge in [0.25, 0.3) is 0 Å². The molecule has 0 aliphatic carbocycles. The van der Waals surface area contributed by atoms with Crippen LogP contribution in [0.25, 0.3) is 0 Å². The van der Waals surface area contributed by atoms with E-state index >= 15 is 0 Å². The molecule has 3 N–H and O–H groups in total. The van der Waals surface area contributed by atoms with Crippen LogP contribution in [0.15, 0.2) is 0 Å². The van der Waals surface area contributed by atoms with Gasteiger partial charge in [-0.25, -0.2) is 0 Å². The molecular weight excluding hydrogens is 192 g/mol. The second kappa shape index (κ2) is 5.47. The number of hydrogen-bond donors (Lipinski definition) is 2. The monoisotopic (exact) mass is 214 g/mol. The van der Waals surface area contributed by atoms with E-state index in [4.69, 9.17) is 10.5 Å². The van der Waals surface area contributed by atoms with Crippen LogP contribution < -0.4 is 11.1 Å². The fourth-order valence-electron chi connectivity index (χ4n) is 1.62. The van der Waals surface area contributed by atoms with Crippen molar-refractivity contribution in [1.82, 2.24) is 5.32 Å². The van der Waals surface area contributed by atoms with Crippen LogP contribution in [0.1, 0.15) is 33.1 Å². The van der Waals surface area contributed by atoms with Gasteiger partial charge in [0.15, 0.2) is 0 Å². The summed E-state index contributed by atoms with van der Waals surface area (Å²) in [5.74, 6) is 0.0444. The van der Waals surface area contributed by atoms with E-state index in [0.29, 0.717) is 13.1 Å². The Morgan fingerprint density at radius 3 is 2.87 bits per heavy atom. The smallest absolute Gasteiger partial charge is 0.227 e. The Morgan fingerprint density at radius 1 is 1.67 bits per heavy atom. The highest BCUT2D eigenvalue weighted by atomic mass is 16.5. The number of hydrogen-bond acceptors (Lipinski definition) is 3. The number of rotatable bonds is 5. The van der Waals surface area contributed by atoms with E-state index in [9.17, 15) is 4.79 Å². The van der Waals surface area contributed by atoms with E-state index in [-0.39, 0.29) is 12.0 Å². The summed E-state index contributed by atoms with van der Waals surface area (Å²) in [6.07, 6.45) is 3.11. The molecule has 0 aromatic carbocycles. The molecular formula is C11H22N2O2. The summed E-state index contributed by atoms with van der Waals surface area (Å²) in [5, 5.41) is 2.92. The highest BCUT2D eigenvalue weighted by Crippen LogP contribution is 2.19. The molecule has 1 saturated heterocycles. The summed E-state index contributed by atoms with van der Waals surface area (Å²) >= 11 is 0. The highest BCUT2D eigenvalue weighted by molar-refractivity contribution is 5.82. The first-order valence-corrected chi connectivity index (χ1v) is 5.72. The maximum absolute atomic E-state index is 11.8. The molecule has 1 aliphatic heterocycles. The van der Waals surface area contributed by atoms with Gasteiger partial charge in [-0.15, -0.1) is 0 Å². The first kappa shape index (κ1) is 12.5. The fourth-order valence-corrected chi connectivity index (χ4v) is 1.62. The number of nitrogens with two attached hydrogens (primary N) is 1. The van der Waals surface area contributed by atoms with Crippen LogP contribution in [0.3, 0.4) is 0 Å². The number of nitrogens with one attached hydrogen (secondary N) is 1. The SMILES string of the molecule is CCC(C)(CN)C(=O)NCC1CCCO1. The van der Waals surface area contributed by atoms with Gasteiger partial charge < -0.3 is 15.8 Å². The summed E-state index contributed by atoms with van der Waals surface area (Å²) < 4.78 is 5.44. The Bertz CT molecular complexity index is 209. The fraction of sp³-hybridized carbons (Fsp3) is 0.909. The van der Waals surface area contributed by atoms with Gasteiger partial charge in [0.05, 0.1) is 11.5 Å². The molecule has 0 aromatic rings. The van der Waals surface area contributed by atoms with Crippen molar-refractivity contribution < 1.29 is 9.53 Å². The second-order valence-electron chi connectivity index (χ2n) is 4.46. The minimum Gasteiger partial charge on any atom is -0.376 e. The summed E-state index contributed by atoms with van der Waals surface area (Å²) in [7, 11) is 0. The van der Waals surface area contributed by atoms with Crippen molar-refractivity contribution in [1.29, 1.82) is 0 Å². The molecule has 0 spiro atoms. The Balaban J connectivity index is 2.33. The molecule has 1 heterocycles. The lowest BCUT2D eigenvalue weighted by atomic mass is 9.86. The maximum Gasteiger partial charge on any atom is 0.227 e. The van der Waals surface area contributed by atoms with E-state index in [1.807, 2.05) is 13.8 Å². The first-order chi connectivity index (χ1) is 7.12. The Kier molecular flexibility index (Phi) is 4.54. The van der Waals surface area contributed by atoms with Crippen molar-refractivity contribution in [3.05, 3.63) is 0 Å². The molecule has 2 unspecified atom stereocenters. The predicted molar refractivity (Wildman–Crippen MR) is 59.4 cm³/mol. The molecule has 4 nitrogen and oxygen atoms in total. The lowest BCUT2D eigenvalue weighted by molar-refractivity contribution is -0.130. The van der Waals surface area contributed by atoms with Crippen LogP contribution in [0.4, 0.5) is 0 Å². The van der Waals surface area contributed by atoms with E-state index in [2.05, 4.69) is 5.32 Å². The van der Waals surface area contributed by atoms with Gasteiger partial charge in [0.1, 0.15) is 0 Å². The van der Waals surface area contributed by atoms with Crippen molar-refractivity contribution in [2.75, 3.05) is 19.7 Å². The normalized spacial score (nSPS) is 24.9. The van der Waals surface area contributed by atoms with Gasteiger partial charge in [0, 0.05) is 19.7 Å². The molecule has 0 saturated carbocycles. The Hall–Kier alpha value is -0.610. The van der Waals surface area contributed by atoms with Gasteiger partial charge >= 0.3 is 0 Å². The maximum atomic E-state index is 11.8. The van der Waals surface area contributed by atoms with Crippen LogP contribution in [0, 0.1) is 5.41 Å². The van der Waals surface area contributed by atoms with Crippen LogP contribution in [-0.4, -0.2) is 31.7 Å². The van der Waals surface area contributed by atoms with E-state index < -0.39 is 5.41 Å². The molecule has 4 heteroatoms. The van der Waals surface area contributed by atoms with Crippen molar-refractivity contribution in [2.45, 2.75) is 39.2 Å². The molecule has 1 rings (SSSR count). The first-order valence-electron chi connectivity index (χ1n) is 5.72. The average Bonchev–Trinajstić information content (AvgIpc) is 2.77. The van der Waals surface area contributed by atoms with Crippen molar-refractivity contribution in [2.24, 2.45) is 11.1 Å². The van der Waals surface area contributed by atoms with Gasteiger partial charge in [0.2, 0.25) is 5.91 Å². The Morgan fingerprint density at radius 2 is 2.40 bits per heavy atom. The quantitative estimate of drug-likeness (QED) is 0.706. The zero-order valence-corrected chi connectivity index (χ0v) is 9.71. The standard InChI is InChI=1S/C11H22N2O2/c1-3-11(2,8-12)10(14)13-7-9-5-4-6-15-9/h9H,3-8,12H2,1-2H3,(H,13,14). The molecule has 1 aliphatic rings. The molecule has 0 aromatic heterocycles. The second-order valence-corrected chi connectivity index (χ2v) is 4.46. The molecule has 0 radical (unpaired) electrons. The number of carbonyl (C=O) groups is 1. The van der Waals surface area contributed by atoms with Gasteiger partial charge in [-0.1, -0.05) is 6.92 Å². The van der Waals surface area contributed by atoms with Crippen molar-refractivity contribution >= 4 is 5.91 Å². The number of amides is 1. The predicted octanol–water partition coefficient (Wildman–Crippen LogP) is 0.657. The minimum atomic E-state index is -0.432. The van der Waals surface area contributed by atoms with Gasteiger partial charge in [-0.3, -0.25) is 4.79 Å². The third-order valence-corrected chi connectivity index (χ3v) is 3.29. The van der Waals surface area contributed by atoms with Crippen LogP contribution >= 0.6 is 0 Å². The summed E-state index contributed by atoms with van der Waals surface area (Å²) in [5.41, 5.74) is 5.18. The topological polar surface area (TPSA) is 64.4 Å². The number of carbonyl (C=O) groups excluding carboxylic acids is 1. The van der Waals surface area contributed by atoms with Crippen LogP contribution in [-0.2, 0) is 9.53 Å². The zero-order valence-electron chi connectivity index (χ0n) is 9.71. The summed E-state index contributed by atoms with van der Waals surface area (Å²) in [6, 6.07) is 0. The van der Waals surface area contributed by atoms with Crippen molar-refractivity contribution in [3.8, 4) is 0 Å². The van der Waals surface area contributed by atoms with Gasteiger partial charge in [-0.05, 0) is 26.2 Å². The molecule has 88 valence electrons. The third-order valence-electron chi connectivity index (χ3n) is 3.29. The summed E-state index contributed by atoms with van der Waals surface area (Å²) in [6.45, 7) is 5.72. The number of ether oxygens (including phenoxy) is 1. The minimum absolute atomic E-state index is 0.0444. The van der Waals surface area contributed by atoms with Gasteiger partial charge in [-0.2, -0.15) is 0 Å². The molecule has 0 bridgehead atoms. The van der Waals surface area contributed by atoms with Crippen LogP contribution in [0.5, 0.6) is 0 Å².